The van der Waals surface area contributed by atoms with Gasteiger partial charge < -0.3 is 10.6 Å². The van der Waals surface area contributed by atoms with Crippen LogP contribution in [0.25, 0.3) is 0 Å². The molecule has 3 aromatic rings. The van der Waals surface area contributed by atoms with Crippen LogP contribution in [0.4, 0.5) is 0 Å². The van der Waals surface area contributed by atoms with E-state index in [0.29, 0.717) is 12.1 Å². The van der Waals surface area contributed by atoms with Gasteiger partial charge >= 0.3 is 0 Å². The molecule has 1 aliphatic rings. The van der Waals surface area contributed by atoms with Crippen LogP contribution in [0.2, 0.25) is 0 Å². The molecule has 2 N–H and O–H groups in total. The summed E-state index contributed by atoms with van der Waals surface area (Å²) in [7, 11) is 0. The first-order chi connectivity index (χ1) is 15.1. The molecule has 2 amide bonds. The minimum atomic E-state index is -0.357. The van der Waals surface area contributed by atoms with Gasteiger partial charge in [0.05, 0.1) is 17.7 Å². The van der Waals surface area contributed by atoms with Crippen LogP contribution in [0.5, 0.6) is 0 Å². The van der Waals surface area contributed by atoms with Gasteiger partial charge in [0.15, 0.2) is 0 Å². The van der Waals surface area contributed by atoms with Gasteiger partial charge in [0.25, 0.3) is 11.8 Å². The summed E-state index contributed by atoms with van der Waals surface area (Å²) in [5.74, 6) is -0.708. The zero-order chi connectivity index (χ0) is 21.8. The highest BCUT2D eigenvalue weighted by atomic mass is 32.1. The summed E-state index contributed by atoms with van der Waals surface area (Å²) in [6.45, 7) is 2.50. The summed E-state index contributed by atoms with van der Waals surface area (Å²) >= 11 is 1.67. The number of aryl methyl sites for hydroxylation is 2. The van der Waals surface area contributed by atoms with Crippen molar-refractivity contribution in [2.45, 2.75) is 38.8 Å². The Hall–Kier alpha value is -3.57. The molecule has 0 saturated carbocycles. The summed E-state index contributed by atoms with van der Waals surface area (Å²) in [6.07, 6.45) is 3.75. The first-order valence-electron chi connectivity index (χ1n) is 10.1. The van der Waals surface area contributed by atoms with Crippen LogP contribution < -0.4 is 10.6 Å². The number of carbonyl (C=O) groups excluding carboxylic acids is 2. The lowest BCUT2D eigenvalue weighted by Gasteiger charge is -2.14. The fourth-order valence-corrected chi connectivity index (χ4v) is 4.49. The summed E-state index contributed by atoms with van der Waals surface area (Å²) in [6, 6.07) is 11.0. The van der Waals surface area contributed by atoms with Gasteiger partial charge in [-0.2, -0.15) is 5.26 Å². The standard InChI is InChI=1S/C23H21N5O2S/c1-2-17-8-15(12-31-17)11-25-22(29)20-9-21(27-13-26-20)23(30)28-19-6-4-16-7-14(10-24)3-5-18(16)19/h3,5,7-9,12-13,19H,2,4,6,11H2,1H3,(H,25,29)(H,28,30)/t19-/m1/s1. The van der Waals surface area contributed by atoms with E-state index in [4.69, 9.17) is 5.26 Å². The number of nitriles is 1. The Balaban J connectivity index is 1.40. The van der Waals surface area contributed by atoms with E-state index in [2.05, 4.69) is 39.7 Å². The van der Waals surface area contributed by atoms with Crippen LogP contribution in [0.3, 0.4) is 0 Å². The molecular weight excluding hydrogens is 410 g/mol. The Bertz CT molecular complexity index is 1180. The molecule has 8 heteroatoms. The number of hydrogen-bond acceptors (Lipinski definition) is 6. The zero-order valence-electron chi connectivity index (χ0n) is 17.0. The van der Waals surface area contributed by atoms with E-state index in [1.165, 1.54) is 17.3 Å². The number of aromatic nitrogens is 2. The van der Waals surface area contributed by atoms with Crippen LogP contribution in [-0.2, 0) is 19.4 Å². The SMILES string of the molecule is CCc1cc(CNC(=O)c2cc(C(=O)N[C@@H]3CCc4cc(C#N)ccc43)ncn2)cs1. The van der Waals surface area contributed by atoms with E-state index >= 15 is 0 Å². The second kappa shape index (κ2) is 9.06. The van der Waals surface area contributed by atoms with E-state index in [-0.39, 0.29) is 29.2 Å². The number of nitrogens with one attached hydrogen (secondary N) is 2. The molecule has 0 fully saturated rings. The lowest BCUT2D eigenvalue weighted by Crippen LogP contribution is -2.29. The van der Waals surface area contributed by atoms with E-state index in [9.17, 15) is 9.59 Å². The minimum Gasteiger partial charge on any atom is -0.347 e. The van der Waals surface area contributed by atoms with Crippen LogP contribution in [0.15, 0.2) is 42.0 Å². The van der Waals surface area contributed by atoms with E-state index in [1.807, 2.05) is 17.5 Å². The third-order valence-corrected chi connectivity index (χ3v) is 6.43. The fourth-order valence-electron chi connectivity index (χ4n) is 3.65. The van der Waals surface area contributed by atoms with E-state index in [1.54, 1.807) is 17.4 Å². The lowest BCUT2D eigenvalue weighted by molar-refractivity contribution is 0.0931. The average Bonchev–Trinajstić information content (AvgIpc) is 3.44. The van der Waals surface area contributed by atoms with Crippen molar-refractivity contribution in [3.8, 4) is 6.07 Å². The third kappa shape index (κ3) is 4.62. The number of carbonyl (C=O) groups is 2. The third-order valence-electron chi connectivity index (χ3n) is 5.30. The quantitative estimate of drug-likeness (QED) is 0.622. The highest BCUT2D eigenvalue weighted by Gasteiger charge is 2.25. The second-order valence-electron chi connectivity index (χ2n) is 7.34. The van der Waals surface area contributed by atoms with Gasteiger partial charge in [0.1, 0.15) is 17.7 Å². The monoisotopic (exact) mass is 431 g/mol. The Kier molecular flexibility index (Phi) is 6.05. The molecule has 1 aromatic carbocycles. The van der Waals surface area contributed by atoms with Crippen molar-refractivity contribution in [1.29, 1.82) is 5.26 Å². The molecule has 1 atom stereocenters. The lowest BCUT2D eigenvalue weighted by atomic mass is 10.1. The van der Waals surface area contributed by atoms with E-state index < -0.39 is 0 Å². The number of nitrogens with zero attached hydrogens (tertiary/aromatic N) is 3. The first kappa shape index (κ1) is 20.7. The molecule has 0 radical (unpaired) electrons. The van der Waals surface area contributed by atoms with Gasteiger partial charge in [-0.05, 0) is 59.5 Å². The van der Waals surface area contributed by atoms with Crippen molar-refractivity contribution in [3.05, 3.63) is 80.6 Å². The number of amides is 2. The molecule has 2 aromatic heterocycles. The molecular formula is C23H21N5O2S. The van der Waals surface area contributed by atoms with Crippen LogP contribution in [0.1, 0.15) is 67.5 Å². The molecule has 0 aliphatic heterocycles. The molecule has 4 rings (SSSR count). The molecule has 0 bridgehead atoms. The first-order valence-corrected chi connectivity index (χ1v) is 11.0. The number of hydrogen-bond donors (Lipinski definition) is 2. The Labute approximate surface area is 184 Å². The Morgan fingerprint density at radius 3 is 2.74 bits per heavy atom. The molecule has 0 unspecified atom stereocenters. The van der Waals surface area contributed by atoms with Gasteiger partial charge in [-0.25, -0.2) is 9.97 Å². The summed E-state index contributed by atoms with van der Waals surface area (Å²) in [5, 5.41) is 16.9. The zero-order valence-corrected chi connectivity index (χ0v) is 17.8. The van der Waals surface area contributed by atoms with Crippen molar-refractivity contribution in [2.75, 3.05) is 0 Å². The number of rotatable bonds is 6. The highest BCUT2D eigenvalue weighted by molar-refractivity contribution is 7.10. The number of thiophene rings is 1. The van der Waals surface area contributed by atoms with E-state index in [0.717, 1.165) is 36.0 Å². The normalized spacial score (nSPS) is 14.5. The van der Waals surface area contributed by atoms with Gasteiger partial charge in [0.2, 0.25) is 0 Å². The largest absolute Gasteiger partial charge is 0.347 e. The van der Waals surface area contributed by atoms with Crippen molar-refractivity contribution in [2.24, 2.45) is 0 Å². The Morgan fingerprint density at radius 1 is 1.19 bits per heavy atom. The predicted octanol–water partition coefficient (Wildman–Crippen LogP) is 3.32. The van der Waals surface area contributed by atoms with Gasteiger partial charge in [-0.3, -0.25) is 9.59 Å². The fraction of sp³-hybridized carbons (Fsp3) is 0.261. The van der Waals surface area contributed by atoms with Crippen molar-refractivity contribution in [1.82, 2.24) is 20.6 Å². The summed E-state index contributed by atoms with van der Waals surface area (Å²) < 4.78 is 0. The van der Waals surface area contributed by atoms with Gasteiger partial charge in [-0.1, -0.05) is 13.0 Å². The molecule has 0 spiro atoms. The maximum atomic E-state index is 12.7. The van der Waals surface area contributed by atoms with Crippen molar-refractivity contribution in [3.63, 3.8) is 0 Å². The van der Waals surface area contributed by atoms with Crippen LogP contribution in [-0.4, -0.2) is 21.8 Å². The topological polar surface area (TPSA) is 108 Å². The average molecular weight is 432 g/mol. The molecule has 7 nitrogen and oxygen atoms in total. The van der Waals surface area contributed by atoms with Crippen LogP contribution in [0, 0.1) is 11.3 Å². The second-order valence-corrected chi connectivity index (χ2v) is 8.33. The molecule has 1 aliphatic carbocycles. The minimum absolute atomic E-state index is 0.144. The molecule has 0 saturated heterocycles. The predicted molar refractivity (Wildman–Crippen MR) is 117 cm³/mol. The smallest absolute Gasteiger partial charge is 0.270 e. The van der Waals surface area contributed by atoms with Gasteiger partial charge in [0, 0.05) is 17.5 Å². The van der Waals surface area contributed by atoms with Crippen molar-refractivity contribution >= 4 is 23.2 Å². The molecule has 156 valence electrons. The maximum absolute atomic E-state index is 12.7. The van der Waals surface area contributed by atoms with Crippen molar-refractivity contribution < 1.29 is 9.59 Å². The molecule has 2 heterocycles. The van der Waals surface area contributed by atoms with Gasteiger partial charge in [-0.15, -0.1) is 11.3 Å². The maximum Gasteiger partial charge on any atom is 0.270 e. The molecule has 31 heavy (non-hydrogen) atoms. The Morgan fingerprint density at radius 2 is 2.00 bits per heavy atom. The summed E-state index contributed by atoms with van der Waals surface area (Å²) in [5.41, 5.74) is 4.04. The highest BCUT2D eigenvalue weighted by Crippen LogP contribution is 2.31. The van der Waals surface area contributed by atoms with Crippen LogP contribution >= 0.6 is 11.3 Å². The number of fused-ring (bicyclic) bond motifs is 1. The number of benzene rings is 1. The summed E-state index contributed by atoms with van der Waals surface area (Å²) in [4.78, 5) is 34.5.